The standard InChI is InChI=1S/C24H30N4O3/c1-15-6-5-7-19(26-15)16-8-9-20-18(12-16)24(27-22(25)28(4)31-24)14-21(30-20)17-10-11-29-23(2,3)13-17/h5-9,12,17,21H,10-11,13-14H2,1-4H3,(H2,25,27). The number of rotatable bonds is 2. The van der Waals surface area contributed by atoms with E-state index < -0.39 is 5.72 Å². The van der Waals surface area contributed by atoms with Gasteiger partial charge < -0.3 is 15.2 Å². The highest BCUT2D eigenvalue weighted by Crippen LogP contribution is 2.49. The fourth-order valence-corrected chi connectivity index (χ4v) is 4.99. The highest BCUT2D eigenvalue weighted by Gasteiger charge is 2.51. The lowest BCUT2D eigenvalue weighted by Gasteiger charge is -2.44. The molecule has 0 aliphatic carbocycles. The van der Waals surface area contributed by atoms with E-state index in [-0.39, 0.29) is 11.7 Å². The normalized spacial score (nSPS) is 29.4. The van der Waals surface area contributed by atoms with E-state index in [9.17, 15) is 0 Å². The topological polar surface area (TPSA) is 82.2 Å². The van der Waals surface area contributed by atoms with Gasteiger partial charge in [-0.25, -0.2) is 14.9 Å². The first-order chi connectivity index (χ1) is 14.7. The van der Waals surface area contributed by atoms with Crippen molar-refractivity contribution in [1.29, 1.82) is 0 Å². The average molecular weight is 423 g/mol. The summed E-state index contributed by atoms with van der Waals surface area (Å²) in [6, 6.07) is 12.2. The van der Waals surface area contributed by atoms with Crippen molar-refractivity contribution in [2.75, 3.05) is 13.7 Å². The Morgan fingerprint density at radius 2 is 2.00 bits per heavy atom. The molecule has 3 aliphatic heterocycles. The van der Waals surface area contributed by atoms with Crippen LogP contribution in [0.5, 0.6) is 5.75 Å². The third-order valence-corrected chi connectivity index (χ3v) is 6.51. The molecule has 7 heteroatoms. The molecular formula is C24H30N4O3. The Bertz CT molecular complexity index is 1040. The Morgan fingerprint density at radius 3 is 2.71 bits per heavy atom. The lowest BCUT2D eigenvalue weighted by Crippen LogP contribution is -2.46. The first-order valence-electron chi connectivity index (χ1n) is 10.9. The summed E-state index contributed by atoms with van der Waals surface area (Å²) >= 11 is 0. The van der Waals surface area contributed by atoms with Crippen molar-refractivity contribution < 1.29 is 14.3 Å². The van der Waals surface area contributed by atoms with E-state index in [0.717, 1.165) is 47.7 Å². The molecule has 164 valence electrons. The number of fused-ring (bicyclic) bond motifs is 2. The van der Waals surface area contributed by atoms with E-state index in [1.807, 2.05) is 31.2 Å². The minimum atomic E-state index is -0.890. The van der Waals surface area contributed by atoms with Crippen LogP contribution >= 0.6 is 0 Å². The van der Waals surface area contributed by atoms with Crippen LogP contribution in [0.2, 0.25) is 0 Å². The molecule has 1 fully saturated rings. The molecule has 3 unspecified atom stereocenters. The molecule has 2 N–H and O–H groups in total. The van der Waals surface area contributed by atoms with E-state index in [1.54, 1.807) is 12.1 Å². The van der Waals surface area contributed by atoms with Crippen LogP contribution in [-0.2, 0) is 15.3 Å². The molecule has 0 amide bonds. The number of guanidine groups is 1. The third kappa shape index (κ3) is 3.66. The van der Waals surface area contributed by atoms with E-state index in [4.69, 9.17) is 25.0 Å². The van der Waals surface area contributed by atoms with Gasteiger partial charge in [-0.3, -0.25) is 4.98 Å². The molecule has 4 heterocycles. The van der Waals surface area contributed by atoms with Crippen molar-refractivity contribution in [1.82, 2.24) is 10.0 Å². The molecule has 0 saturated carbocycles. The molecule has 1 spiro atoms. The number of benzene rings is 1. The Morgan fingerprint density at radius 1 is 1.16 bits per heavy atom. The van der Waals surface area contributed by atoms with Crippen molar-refractivity contribution in [3.63, 3.8) is 0 Å². The average Bonchev–Trinajstić information content (AvgIpc) is 3.00. The summed E-state index contributed by atoms with van der Waals surface area (Å²) in [4.78, 5) is 15.8. The minimum absolute atomic E-state index is 0.0262. The van der Waals surface area contributed by atoms with Crippen LogP contribution in [0.4, 0.5) is 0 Å². The van der Waals surface area contributed by atoms with Gasteiger partial charge in [-0.1, -0.05) is 6.07 Å². The lowest BCUT2D eigenvalue weighted by atomic mass is 9.79. The molecule has 3 aliphatic rings. The van der Waals surface area contributed by atoms with Gasteiger partial charge in [0.1, 0.15) is 11.9 Å². The predicted molar refractivity (Wildman–Crippen MR) is 118 cm³/mol. The maximum absolute atomic E-state index is 6.55. The van der Waals surface area contributed by atoms with E-state index in [1.165, 1.54) is 0 Å². The first kappa shape index (κ1) is 20.3. The highest BCUT2D eigenvalue weighted by atomic mass is 16.7. The monoisotopic (exact) mass is 422 g/mol. The molecule has 0 radical (unpaired) electrons. The molecule has 2 aromatic rings. The molecule has 1 aromatic heterocycles. The zero-order valence-corrected chi connectivity index (χ0v) is 18.6. The van der Waals surface area contributed by atoms with Gasteiger partial charge in [0.25, 0.3) is 0 Å². The number of pyridine rings is 1. The maximum Gasteiger partial charge on any atom is 0.221 e. The highest BCUT2D eigenvalue weighted by molar-refractivity contribution is 5.79. The van der Waals surface area contributed by atoms with Gasteiger partial charge >= 0.3 is 0 Å². The van der Waals surface area contributed by atoms with Crippen LogP contribution in [0.3, 0.4) is 0 Å². The largest absolute Gasteiger partial charge is 0.489 e. The molecule has 0 bridgehead atoms. The number of hydrogen-bond donors (Lipinski definition) is 1. The number of aryl methyl sites for hydroxylation is 1. The number of ether oxygens (including phenoxy) is 2. The molecule has 1 saturated heterocycles. The van der Waals surface area contributed by atoms with E-state index >= 15 is 0 Å². The Balaban J connectivity index is 1.56. The second-order valence-corrected chi connectivity index (χ2v) is 9.44. The van der Waals surface area contributed by atoms with E-state index in [0.29, 0.717) is 18.3 Å². The van der Waals surface area contributed by atoms with Crippen LogP contribution in [0, 0.1) is 12.8 Å². The third-order valence-electron chi connectivity index (χ3n) is 6.51. The maximum atomic E-state index is 6.55. The Kier molecular flexibility index (Phi) is 4.71. The van der Waals surface area contributed by atoms with Gasteiger partial charge in [0, 0.05) is 37.3 Å². The molecule has 5 rings (SSSR count). The number of aliphatic imine (C=N–C) groups is 1. The summed E-state index contributed by atoms with van der Waals surface area (Å²) in [6.07, 6.45) is 2.47. The summed E-state index contributed by atoms with van der Waals surface area (Å²) in [5.74, 6) is 1.53. The second kappa shape index (κ2) is 7.21. The quantitative estimate of drug-likeness (QED) is 0.794. The molecule has 7 nitrogen and oxygen atoms in total. The smallest absolute Gasteiger partial charge is 0.221 e. The summed E-state index contributed by atoms with van der Waals surface area (Å²) in [5.41, 5.74) is 8.89. The number of hydroxylamine groups is 2. The van der Waals surface area contributed by atoms with Crippen LogP contribution in [0.25, 0.3) is 11.3 Å². The van der Waals surface area contributed by atoms with Crippen LogP contribution in [-0.4, -0.2) is 41.4 Å². The van der Waals surface area contributed by atoms with Crippen molar-refractivity contribution in [2.45, 2.75) is 57.5 Å². The zero-order valence-electron chi connectivity index (χ0n) is 18.6. The van der Waals surface area contributed by atoms with Gasteiger partial charge in [-0.2, -0.15) is 0 Å². The predicted octanol–water partition coefficient (Wildman–Crippen LogP) is 3.76. The van der Waals surface area contributed by atoms with Crippen LogP contribution < -0.4 is 10.5 Å². The van der Waals surface area contributed by atoms with Crippen molar-refractivity contribution in [3.05, 3.63) is 47.7 Å². The van der Waals surface area contributed by atoms with Gasteiger partial charge in [-0.15, -0.1) is 0 Å². The van der Waals surface area contributed by atoms with Crippen molar-refractivity contribution in [2.24, 2.45) is 16.6 Å². The fourth-order valence-electron chi connectivity index (χ4n) is 4.99. The van der Waals surface area contributed by atoms with E-state index in [2.05, 4.69) is 31.0 Å². The lowest BCUT2D eigenvalue weighted by molar-refractivity contribution is -0.198. The van der Waals surface area contributed by atoms with Crippen molar-refractivity contribution in [3.8, 4) is 17.0 Å². The summed E-state index contributed by atoms with van der Waals surface area (Å²) < 4.78 is 12.5. The SMILES string of the molecule is Cc1cccc(-c2ccc3c(c2)C2(CC(C4CCOC(C)(C)C4)O3)N=C(N)N(C)O2)n1. The Hall–Kier alpha value is -2.64. The molecule has 31 heavy (non-hydrogen) atoms. The summed E-state index contributed by atoms with van der Waals surface area (Å²) in [6.45, 7) is 7.01. The van der Waals surface area contributed by atoms with Crippen LogP contribution in [0.1, 0.15) is 44.4 Å². The molecule has 3 atom stereocenters. The second-order valence-electron chi connectivity index (χ2n) is 9.44. The molecule has 1 aromatic carbocycles. The summed E-state index contributed by atoms with van der Waals surface area (Å²) in [5, 5.41) is 1.55. The minimum Gasteiger partial charge on any atom is -0.489 e. The fraction of sp³-hybridized carbons (Fsp3) is 0.500. The van der Waals surface area contributed by atoms with Gasteiger partial charge in [-0.05, 0) is 63.9 Å². The van der Waals surface area contributed by atoms with Crippen molar-refractivity contribution >= 4 is 5.96 Å². The number of nitrogens with zero attached hydrogens (tertiary/aromatic N) is 3. The Labute approximate surface area is 183 Å². The number of hydrogen-bond acceptors (Lipinski definition) is 7. The summed E-state index contributed by atoms with van der Waals surface area (Å²) in [7, 11) is 1.79. The zero-order chi connectivity index (χ0) is 21.8. The van der Waals surface area contributed by atoms with Gasteiger partial charge in [0.05, 0.1) is 16.9 Å². The van der Waals surface area contributed by atoms with Gasteiger partial charge in [0.2, 0.25) is 11.7 Å². The first-order valence-corrected chi connectivity index (χ1v) is 10.9. The van der Waals surface area contributed by atoms with Crippen LogP contribution in [0.15, 0.2) is 41.4 Å². The number of aromatic nitrogens is 1. The van der Waals surface area contributed by atoms with Gasteiger partial charge in [0.15, 0.2) is 0 Å². The molecular weight excluding hydrogens is 392 g/mol. The number of nitrogens with two attached hydrogens (primary N) is 1.